The van der Waals surface area contributed by atoms with Crippen LogP contribution in [0.5, 0.6) is 11.5 Å². The number of fused-ring (bicyclic) bond motifs is 1. The average molecular weight is 314 g/mol. The van der Waals surface area contributed by atoms with Crippen LogP contribution in [-0.4, -0.2) is 34.0 Å². The first-order valence-corrected chi connectivity index (χ1v) is 6.73. The summed E-state index contributed by atoms with van der Waals surface area (Å²) in [6.07, 6.45) is 0.633. The molecule has 0 aliphatic carbocycles. The van der Waals surface area contributed by atoms with Crippen molar-refractivity contribution in [1.82, 2.24) is 15.4 Å². The fraction of sp³-hybridized carbons (Fsp3) is 0.143. The van der Waals surface area contributed by atoms with Gasteiger partial charge < -0.3 is 18.4 Å². The van der Waals surface area contributed by atoms with E-state index >= 15 is 0 Å². The second-order valence-corrected chi connectivity index (χ2v) is 4.64. The highest BCUT2D eigenvalue weighted by molar-refractivity contribution is 5.93. The number of hydrogen-bond acceptors (Lipinski definition) is 8. The molecule has 0 saturated carbocycles. The van der Waals surface area contributed by atoms with Crippen LogP contribution in [-0.2, 0) is 4.79 Å². The van der Waals surface area contributed by atoms with Crippen LogP contribution in [0.15, 0.2) is 45.5 Å². The van der Waals surface area contributed by atoms with Crippen LogP contribution in [0.2, 0.25) is 0 Å². The summed E-state index contributed by atoms with van der Waals surface area (Å²) in [4.78, 5) is 12.2. The maximum atomic E-state index is 12.2. The van der Waals surface area contributed by atoms with Gasteiger partial charge >= 0.3 is 6.01 Å². The number of hydrogen-bond donors (Lipinski definition) is 1. The molecule has 1 aliphatic heterocycles. The molecule has 1 aromatic carbocycles. The Balaban J connectivity index is 1.45. The first-order chi connectivity index (χ1) is 11.3. The third kappa shape index (κ3) is 2.59. The van der Waals surface area contributed by atoms with Gasteiger partial charge in [-0.2, -0.15) is 0 Å². The molecule has 0 radical (unpaired) electrons. The number of nitrogens with zero attached hydrogens (tertiary/aromatic N) is 3. The first-order valence-electron chi connectivity index (χ1n) is 6.73. The van der Waals surface area contributed by atoms with E-state index in [1.54, 1.807) is 24.3 Å². The number of carbonyl (C=O) groups is 1. The number of amides is 1. The number of ether oxygens (including phenoxy) is 2. The second kappa shape index (κ2) is 5.44. The smallest absolute Gasteiger partial charge is 0.322 e. The molecule has 23 heavy (non-hydrogen) atoms. The first kappa shape index (κ1) is 13.3. The van der Waals surface area contributed by atoms with Gasteiger partial charge in [-0.05, 0) is 12.1 Å². The van der Waals surface area contributed by atoms with Crippen LogP contribution in [0.1, 0.15) is 0 Å². The lowest BCUT2D eigenvalue weighted by molar-refractivity contribution is -0.125. The number of rotatable bonds is 3. The molecule has 3 aromatic rings. The van der Waals surface area contributed by atoms with Gasteiger partial charge in [0.15, 0.2) is 11.5 Å². The fourth-order valence-electron chi connectivity index (χ4n) is 2.03. The van der Waals surface area contributed by atoms with Gasteiger partial charge in [0.2, 0.25) is 11.9 Å². The van der Waals surface area contributed by atoms with Gasteiger partial charge in [0.1, 0.15) is 6.61 Å². The van der Waals surface area contributed by atoms with Crippen molar-refractivity contribution in [3.05, 3.63) is 36.5 Å². The Bertz CT molecular complexity index is 829. The van der Waals surface area contributed by atoms with Crippen LogP contribution in [0.3, 0.4) is 0 Å². The molecule has 3 heterocycles. The van der Waals surface area contributed by atoms with Crippen molar-refractivity contribution >= 4 is 11.9 Å². The minimum atomic E-state index is -0.814. The van der Waals surface area contributed by atoms with Crippen LogP contribution in [0.4, 0.5) is 6.01 Å². The number of anilines is 1. The van der Waals surface area contributed by atoms with Crippen LogP contribution in [0, 0.1) is 0 Å². The molecule has 1 aliphatic rings. The maximum absolute atomic E-state index is 12.2. The fourth-order valence-corrected chi connectivity index (χ4v) is 2.03. The Labute approximate surface area is 129 Å². The number of carbonyl (C=O) groups excluding carboxylic acids is 1. The lowest BCUT2D eigenvalue weighted by Gasteiger charge is -2.24. The van der Waals surface area contributed by atoms with E-state index in [4.69, 9.17) is 18.4 Å². The Kier molecular flexibility index (Phi) is 3.15. The van der Waals surface area contributed by atoms with Gasteiger partial charge in [0.25, 0.3) is 11.8 Å². The summed E-state index contributed by atoms with van der Waals surface area (Å²) in [6.45, 7) is 0.0892. The van der Waals surface area contributed by atoms with E-state index in [1.807, 2.05) is 6.07 Å². The third-order valence-electron chi connectivity index (χ3n) is 3.10. The van der Waals surface area contributed by atoms with E-state index in [0.29, 0.717) is 17.3 Å². The van der Waals surface area contributed by atoms with Gasteiger partial charge in [-0.25, -0.2) is 0 Å². The molecule has 0 bridgehead atoms. The predicted molar refractivity (Wildman–Crippen MR) is 74.8 cm³/mol. The standard InChI is InChI=1S/C14H10N4O5/c19-12(11-7-20-8-3-1-2-4-9(8)21-11)16-14-18-17-13(22-14)10-5-6-15-23-10/h1-6,11H,7H2,(H,16,18,19)/t11-/m0/s1. The van der Waals surface area contributed by atoms with E-state index in [9.17, 15) is 4.79 Å². The lowest BCUT2D eigenvalue weighted by Crippen LogP contribution is -2.40. The van der Waals surface area contributed by atoms with E-state index in [1.165, 1.54) is 6.20 Å². The Hall–Kier alpha value is -3.36. The number of para-hydroxylation sites is 2. The molecular weight excluding hydrogens is 304 g/mol. The Morgan fingerprint density at radius 2 is 2.04 bits per heavy atom. The average Bonchev–Trinajstić information content (AvgIpc) is 3.25. The van der Waals surface area contributed by atoms with Crippen molar-refractivity contribution in [2.45, 2.75) is 6.10 Å². The van der Waals surface area contributed by atoms with Crippen LogP contribution >= 0.6 is 0 Å². The molecule has 116 valence electrons. The highest BCUT2D eigenvalue weighted by Crippen LogP contribution is 2.31. The zero-order chi connectivity index (χ0) is 15.6. The SMILES string of the molecule is O=C(Nc1nnc(-c2ccno2)o1)[C@@H]1COc2ccccc2O1. The summed E-state index contributed by atoms with van der Waals surface area (Å²) < 4.78 is 21.2. The van der Waals surface area contributed by atoms with Gasteiger partial charge in [-0.1, -0.05) is 22.4 Å². The molecule has 1 N–H and O–H groups in total. The van der Waals surface area contributed by atoms with Crippen molar-refractivity contribution < 1.29 is 23.2 Å². The molecule has 1 amide bonds. The molecule has 2 aromatic heterocycles. The van der Waals surface area contributed by atoms with Crippen molar-refractivity contribution in [2.75, 3.05) is 11.9 Å². The molecule has 0 saturated heterocycles. The molecule has 9 nitrogen and oxygen atoms in total. The third-order valence-corrected chi connectivity index (χ3v) is 3.10. The summed E-state index contributed by atoms with van der Waals surface area (Å²) in [5, 5.41) is 13.5. The van der Waals surface area contributed by atoms with E-state index in [-0.39, 0.29) is 18.5 Å². The quantitative estimate of drug-likeness (QED) is 0.774. The van der Waals surface area contributed by atoms with Crippen molar-refractivity contribution in [3.8, 4) is 23.1 Å². The largest absolute Gasteiger partial charge is 0.485 e. The predicted octanol–water partition coefficient (Wildman–Crippen LogP) is 1.50. The molecule has 0 fully saturated rings. The Morgan fingerprint density at radius 3 is 2.87 bits per heavy atom. The van der Waals surface area contributed by atoms with E-state index in [2.05, 4.69) is 20.7 Å². The normalized spacial score (nSPS) is 16.1. The number of aromatic nitrogens is 3. The van der Waals surface area contributed by atoms with E-state index in [0.717, 1.165) is 0 Å². The molecule has 1 atom stereocenters. The molecular formula is C14H10N4O5. The van der Waals surface area contributed by atoms with Gasteiger partial charge in [0, 0.05) is 6.07 Å². The zero-order valence-electron chi connectivity index (χ0n) is 11.6. The summed E-state index contributed by atoms with van der Waals surface area (Å²) in [7, 11) is 0. The monoisotopic (exact) mass is 314 g/mol. The van der Waals surface area contributed by atoms with E-state index < -0.39 is 12.0 Å². The second-order valence-electron chi connectivity index (χ2n) is 4.64. The highest BCUT2D eigenvalue weighted by Gasteiger charge is 2.28. The van der Waals surface area contributed by atoms with Crippen LogP contribution in [0.25, 0.3) is 11.7 Å². The number of nitrogens with one attached hydrogen (secondary N) is 1. The summed E-state index contributed by atoms with van der Waals surface area (Å²) in [6, 6.07) is 8.61. The lowest BCUT2D eigenvalue weighted by atomic mass is 10.2. The van der Waals surface area contributed by atoms with Crippen molar-refractivity contribution in [3.63, 3.8) is 0 Å². The van der Waals surface area contributed by atoms with Gasteiger partial charge in [0.05, 0.1) is 6.20 Å². The summed E-state index contributed by atoms with van der Waals surface area (Å²) in [5.41, 5.74) is 0. The summed E-state index contributed by atoms with van der Waals surface area (Å²) in [5.74, 6) is 1.08. The topological polar surface area (TPSA) is 113 Å². The van der Waals surface area contributed by atoms with Crippen molar-refractivity contribution in [1.29, 1.82) is 0 Å². The van der Waals surface area contributed by atoms with Gasteiger partial charge in [-0.15, -0.1) is 5.10 Å². The minimum Gasteiger partial charge on any atom is -0.485 e. The molecule has 9 heteroatoms. The highest BCUT2D eigenvalue weighted by atomic mass is 16.6. The van der Waals surface area contributed by atoms with Crippen molar-refractivity contribution in [2.24, 2.45) is 0 Å². The Morgan fingerprint density at radius 1 is 1.17 bits per heavy atom. The molecule has 0 unspecified atom stereocenters. The zero-order valence-corrected chi connectivity index (χ0v) is 11.6. The molecule has 4 rings (SSSR count). The summed E-state index contributed by atoms with van der Waals surface area (Å²) >= 11 is 0. The maximum Gasteiger partial charge on any atom is 0.322 e. The van der Waals surface area contributed by atoms with Gasteiger partial charge in [-0.3, -0.25) is 10.1 Å². The minimum absolute atomic E-state index is 0.0659. The number of benzene rings is 1. The molecule has 0 spiro atoms. The van der Waals surface area contributed by atoms with Crippen LogP contribution < -0.4 is 14.8 Å².